The number of hydrogen-bond acceptors (Lipinski definition) is 5. The number of hydrogen-bond donors (Lipinski definition) is 3. The summed E-state index contributed by atoms with van der Waals surface area (Å²) in [6.45, 7) is 2.48. The van der Waals surface area contributed by atoms with E-state index in [-0.39, 0.29) is 18.0 Å². The molecule has 0 unspecified atom stereocenters. The van der Waals surface area contributed by atoms with Gasteiger partial charge in [-0.15, -0.1) is 0 Å². The minimum Gasteiger partial charge on any atom is -0.490 e. The molecule has 27 heavy (non-hydrogen) atoms. The highest BCUT2D eigenvalue weighted by molar-refractivity contribution is 7.89. The molecule has 1 aromatic carbocycles. The number of carbonyl (C=O) groups is 1. The molecule has 152 valence electrons. The number of halogens is 1. The van der Waals surface area contributed by atoms with E-state index in [0.29, 0.717) is 37.5 Å². The van der Waals surface area contributed by atoms with Crippen molar-refractivity contribution in [2.24, 2.45) is 5.92 Å². The highest BCUT2D eigenvalue weighted by Gasteiger charge is 2.23. The minimum absolute atomic E-state index is 0.0572. The fourth-order valence-corrected chi connectivity index (χ4v) is 3.90. The van der Waals surface area contributed by atoms with Gasteiger partial charge in [0.2, 0.25) is 10.0 Å². The van der Waals surface area contributed by atoms with Crippen LogP contribution >= 0.6 is 0 Å². The number of rotatable bonds is 13. The van der Waals surface area contributed by atoms with Gasteiger partial charge in [0, 0.05) is 6.04 Å². The normalized spacial score (nSPS) is 15.5. The van der Waals surface area contributed by atoms with E-state index in [1.54, 1.807) is 19.1 Å². The Morgan fingerprint density at radius 1 is 1.37 bits per heavy atom. The molecule has 1 saturated carbocycles. The first-order valence-corrected chi connectivity index (χ1v) is 10.8. The number of aliphatic carboxylic acids is 1. The molecule has 0 radical (unpaired) electrons. The van der Waals surface area contributed by atoms with Crippen LogP contribution in [-0.2, 0) is 14.8 Å². The van der Waals surface area contributed by atoms with Crippen molar-refractivity contribution in [3.8, 4) is 5.75 Å². The van der Waals surface area contributed by atoms with Gasteiger partial charge >= 0.3 is 5.97 Å². The van der Waals surface area contributed by atoms with Crippen LogP contribution in [0.5, 0.6) is 5.75 Å². The van der Waals surface area contributed by atoms with Crippen LogP contribution in [0.25, 0.3) is 0 Å². The summed E-state index contributed by atoms with van der Waals surface area (Å²) < 4.78 is 46.3. The van der Waals surface area contributed by atoms with Crippen molar-refractivity contribution in [3.05, 3.63) is 29.6 Å². The SMILES string of the molecule is C[C@@H](NS(=O)(=O)CCCCNCC(=O)O)c1ccc(F)c(OCC2CC2)c1. The van der Waals surface area contributed by atoms with Crippen molar-refractivity contribution in [1.82, 2.24) is 10.0 Å². The van der Waals surface area contributed by atoms with Gasteiger partial charge < -0.3 is 15.2 Å². The Kier molecular flexibility index (Phi) is 8.00. The lowest BCUT2D eigenvalue weighted by Crippen LogP contribution is -2.30. The zero-order valence-electron chi connectivity index (χ0n) is 15.4. The summed E-state index contributed by atoms with van der Waals surface area (Å²) in [5.41, 5.74) is 0.633. The number of carboxylic acids is 1. The lowest BCUT2D eigenvalue weighted by Gasteiger charge is -2.16. The van der Waals surface area contributed by atoms with Gasteiger partial charge in [-0.25, -0.2) is 17.5 Å². The van der Waals surface area contributed by atoms with Crippen LogP contribution in [0.1, 0.15) is 44.2 Å². The van der Waals surface area contributed by atoms with Crippen molar-refractivity contribution < 1.29 is 27.4 Å². The maximum absolute atomic E-state index is 13.9. The van der Waals surface area contributed by atoms with Crippen LogP contribution in [0.3, 0.4) is 0 Å². The van der Waals surface area contributed by atoms with Gasteiger partial charge in [0.15, 0.2) is 11.6 Å². The van der Waals surface area contributed by atoms with Crippen molar-refractivity contribution in [1.29, 1.82) is 0 Å². The third-order valence-corrected chi connectivity index (χ3v) is 5.81. The van der Waals surface area contributed by atoms with E-state index in [0.717, 1.165) is 12.8 Å². The third-order valence-electron chi connectivity index (χ3n) is 4.28. The molecule has 0 heterocycles. The van der Waals surface area contributed by atoms with Gasteiger partial charge in [0.25, 0.3) is 0 Å². The molecule has 1 aromatic rings. The molecule has 2 rings (SSSR count). The Balaban J connectivity index is 1.80. The van der Waals surface area contributed by atoms with Gasteiger partial charge in [0.05, 0.1) is 18.9 Å². The Morgan fingerprint density at radius 2 is 2.11 bits per heavy atom. The number of carboxylic acid groups (broad SMARTS) is 1. The van der Waals surface area contributed by atoms with E-state index < -0.39 is 27.9 Å². The molecule has 3 N–H and O–H groups in total. The second-order valence-corrected chi connectivity index (χ2v) is 8.75. The van der Waals surface area contributed by atoms with E-state index in [1.807, 2.05) is 0 Å². The van der Waals surface area contributed by atoms with Crippen LogP contribution in [-0.4, -0.2) is 44.9 Å². The second-order valence-electron chi connectivity index (χ2n) is 6.88. The number of unbranched alkanes of at least 4 members (excludes halogenated alkanes) is 1. The number of ether oxygens (including phenoxy) is 1. The zero-order chi connectivity index (χ0) is 19.9. The Bertz CT molecular complexity index is 737. The quantitative estimate of drug-likeness (QED) is 0.436. The fraction of sp³-hybridized carbons (Fsp3) is 0.611. The lowest BCUT2D eigenvalue weighted by molar-refractivity contribution is -0.135. The van der Waals surface area contributed by atoms with Gasteiger partial charge in [-0.3, -0.25) is 4.79 Å². The first kappa shape index (κ1) is 21.6. The third kappa shape index (κ3) is 8.23. The van der Waals surface area contributed by atoms with Gasteiger partial charge in [-0.1, -0.05) is 6.07 Å². The summed E-state index contributed by atoms with van der Waals surface area (Å²) >= 11 is 0. The first-order valence-electron chi connectivity index (χ1n) is 9.11. The van der Waals surface area contributed by atoms with Crippen LogP contribution in [0, 0.1) is 11.7 Å². The average molecular weight is 402 g/mol. The largest absolute Gasteiger partial charge is 0.490 e. The molecule has 0 aliphatic heterocycles. The van der Waals surface area contributed by atoms with Crippen molar-refractivity contribution in [3.63, 3.8) is 0 Å². The Labute approximate surface area is 159 Å². The molecule has 1 aliphatic rings. The van der Waals surface area contributed by atoms with Crippen LogP contribution in [0.2, 0.25) is 0 Å². The molecule has 1 fully saturated rings. The van der Waals surface area contributed by atoms with Crippen molar-refractivity contribution >= 4 is 16.0 Å². The molecule has 1 aliphatic carbocycles. The van der Waals surface area contributed by atoms with Crippen molar-refractivity contribution in [2.75, 3.05) is 25.4 Å². The van der Waals surface area contributed by atoms with Crippen LogP contribution in [0.15, 0.2) is 18.2 Å². The summed E-state index contributed by atoms with van der Waals surface area (Å²) in [5.74, 6) is -0.816. The topological polar surface area (TPSA) is 105 Å². The highest BCUT2D eigenvalue weighted by Crippen LogP contribution is 2.31. The molecule has 9 heteroatoms. The summed E-state index contributed by atoms with van der Waals surface area (Å²) in [6.07, 6.45) is 3.17. The fourth-order valence-electron chi connectivity index (χ4n) is 2.53. The number of sulfonamides is 1. The summed E-state index contributed by atoms with van der Waals surface area (Å²) in [7, 11) is -3.50. The summed E-state index contributed by atoms with van der Waals surface area (Å²) in [6, 6.07) is 3.86. The number of nitrogens with one attached hydrogen (secondary N) is 2. The summed E-state index contributed by atoms with van der Waals surface area (Å²) in [4.78, 5) is 10.4. The molecule has 0 aromatic heterocycles. The second kappa shape index (κ2) is 10.0. The van der Waals surface area contributed by atoms with E-state index in [4.69, 9.17) is 9.84 Å². The van der Waals surface area contributed by atoms with Gasteiger partial charge in [0.1, 0.15) is 0 Å². The summed E-state index contributed by atoms with van der Waals surface area (Å²) in [5, 5.41) is 11.2. The molecule has 0 bridgehead atoms. The highest BCUT2D eigenvalue weighted by atomic mass is 32.2. The van der Waals surface area contributed by atoms with Gasteiger partial charge in [-0.2, -0.15) is 0 Å². The predicted molar refractivity (Wildman–Crippen MR) is 99.7 cm³/mol. The van der Waals surface area contributed by atoms with Crippen molar-refractivity contribution in [2.45, 2.75) is 38.6 Å². The van der Waals surface area contributed by atoms with E-state index in [9.17, 15) is 17.6 Å². The maximum Gasteiger partial charge on any atom is 0.317 e. The Morgan fingerprint density at radius 3 is 2.78 bits per heavy atom. The maximum atomic E-state index is 13.9. The van der Waals surface area contributed by atoms with Gasteiger partial charge in [-0.05, 0) is 62.8 Å². The Hall–Kier alpha value is -1.71. The molecule has 1 atom stereocenters. The molecule has 0 spiro atoms. The lowest BCUT2D eigenvalue weighted by atomic mass is 10.1. The zero-order valence-corrected chi connectivity index (χ0v) is 16.2. The van der Waals surface area contributed by atoms with E-state index in [2.05, 4.69) is 10.0 Å². The number of benzene rings is 1. The van der Waals surface area contributed by atoms with Crippen LogP contribution in [0.4, 0.5) is 4.39 Å². The first-order chi connectivity index (χ1) is 12.8. The molecule has 0 saturated heterocycles. The monoisotopic (exact) mass is 402 g/mol. The van der Waals surface area contributed by atoms with Crippen LogP contribution < -0.4 is 14.8 Å². The average Bonchev–Trinajstić information content (AvgIpc) is 3.41. The minimum atomic E-state index is -3.50. The molecular weight excluding hydrogens is 375 g/mol. The molecular formula is C18H27FN2O5S. The molecule has 7 nitrogen and oxygen atoms in total. The molecule has 0 amide bonds. The van der Waals surface area contributed by atoms with E-state index >= 15 is 0 Å². The van der Waals surface area contributed by atoms with E-state index in [1.165, 1.54) is 6.07 Å². The smallest absolute Gasteiger partial charge is 0.317 e. The predicted octanol–water partition coefficient (Wildman–Crippen LogP) is 2.05. The standard InChI is InChI=1S/C18H27FN2O5S/c1-13(21-27(24,25)9-3-2-8-20-11-18(22)23)15-6-7-16(19)17(10-15)26-12-14-4-5-14/h6-7,10,13-14,20-21H,2-5,8-9,11-12H2,1H3,(H,22,23)/t13-/m1/s1.